The van der Waals surface area contributed by atoms with Crippen LogP contribution in [0.1, 0.15) is 25.3 Å². The van der Waals surface area contributed by atoms with Gasteiger partial charge >= 0.3 is 0 Å². The molecule has 1 fully saturated rings. The number of piperazine rings is 1. The lowest BCUT2D eigenvalue weighted by Crippen LogP contribution is -2.44. The minimum atomic E-state index is 0.587. The first-order valence-electron chi connectivity index (χ1n) is 6.11. The van der Waals surface area contributed by atoms with Gasteiger partial charge in [-0.05, 0) is 36.7 Å². The maximum atomic E-state index is 3.26. The van der Waals surface area contributed by atoms with Crippen LogP contribution in [-0.4, -0.2) is 38.1 Å². The van der Waals surface area contributed by atoms with Gasteiger partial charge in [-0.2, -0.15) is 0 Å². The second kappa shape index (κ2) is 4.88. The van der Waals surface area contributed by atoms with Gasteiger partial charge in [-0.1, -0.05) is 19.9 Å². The molecule has 0 aliphatic carbocycles. The molecule has 0 N–H and O–H groups in total. The highest BCUT2D eigenvalue weighted by molar-refractivity contribution is 5.49. The van der Waals surface area contributed by atoms with Crippen molar-refractivity contribution in [3.63, 3.8) is 0 Å². The third kappa shape index (κ3) is 2.56. The van der Waals surface area contributed by atoms with E-state index in [1.807, 2.05) is 0 Å². The molecule has 0 unspecified atom stereocenters. The molecule has 2 nitrogen and oxygen atoms in total. The number of anilines is 1. The molecule has 0 amide bonds. The highest BCUT2D eigenvalue weighted by atomic mass is 15.2. The molecule has 0 saturated carbocycles. The molecule has 87 valence electrons. The highest BCUT2D eigenvalue weighted by Crippen LogP contribution is 2.22. The van der Waals surface area contributed by atoms with Crippen LogP contribution < -0.4 is 4.90 Å². The summed E-state index contributed by atoms with van der Waals surface area (Å²) in [5.74, 6) is 0.587. The Hall–Kier alpha value is -1.02. The number of nitrogens with zero attached hydrogens (tertiary/aromatic N) is 2. The van der Waals surface area contributed by atoms with E-state index in [0.717, 1.165) is 26.2 Å². The number of hydrogen-bond donors (Lipinski definition) is 0. The van der Waals surface area contributed by atoms with Crippen LogP contribution in [0.3, 0.4) is 0 Å². The second-order valence-electron chi connectivity index (χ2n) is 4.97. The molecule has 1 saturated heterocycles. The average Bonchev–Trinajstić information content (AvgIpc) is 2.30. The smallest absolute Gasteiger partial charge is 0.0376 e. The lowest BCUT2D eigenvalue weighted by molar-refractivity contribution is 0.313. The molecule has 0 atom stereocenters. The van der Waals surface area contributed by atoms with E-state index in [0.29, 0.717) is 5.92 Å². The molecule has 16 heavy (non-hydrogen) atoms. The van der Waals surface area contributed by atoms with Crippen molar-refractivity contribution in [3.8, 4) is 0 Å². The molecule has 2 rings (SSSR count). The van der Waals surface area contributed by atoms with Crippen LogP contribution in [0, 0.1) is 6.07 Å². The summed E-state index contributed by atoms with van der Waals surface area (Å²) in [5.41, 5.74) is 2.72. The van der Waals surface area contributed by atoms with Crippen LogP contribution in [0.5, 0.6) is 0 Å². The van der Waals surface area contributed by atoms with Gasteiger partial charge in [-0.25, -0.2) is 0 Å². The minimum absolute atomic E-state index is 0.587. The zero-order valence-corrected chi connectivity index (χ0v) is 10.5. The molecule has 0 bridgehead atoms. The average molecular weight is 217 g/mol. The lowest BCUT2D eigenvalue weighted by atomic mass is 10.0. The van der Waals surface area contributed by atoms with Crippen molar-refractivity contribution >= 4 is 5.69 Å². The maximum absolute atomic E-state index is 3.26. The summed E-state index contributed by atoms with van der Waals surface area (Å²) in [4.78, 5) is 4.84. The molecule has 0 aromatic heterocycles. The van der Waals surface area contributed by atoms with Crippen LogP contribution in [0.4, 0.5) is 5.69 Å². The highest BCUT2D eigenvalue weighted by Gasteiger charge is 2.14. The van der Waals surface area contributed by atoms with E-state index in [1.165, 1.54) is 11.3 Å². The van der Waals surface area contributed by atoms with Crippen LogP contribution >= 0.6 is 0 Å². The molecule has 1 aromatic carbocycles. The zero-order chi connectivity index (χ0) is 11.5. The van der Waals surface area contributed by atoms with Gasteiger partial charge in [-0.15, -0.1) is 0 Å². The molecule has 1 heterocycles. The summed E-state index contributed by atoms with van der Waals surface area (Å²) in [5, 5.41) is 0. The quantitative estimate of drug-likeness (QED) is 0.750. The molecule has 2 heteroatoms. The Labute approximate surface area is 98.9 Å². The predicted octanol–water partition coefficient (Wildman–Crippen LogP) is 2.36. The van der Waals surface area contributed by atoms with Crippen molar-refractivity contribution in [2.45, 2.75) is 19.8 Å². The zero-order valence-electron chi connectivity index (χ0n) is 10.5. The molecule has 1 aliphatic heterocycles. The number of likely N-dealkylation sites (N-methyl/N-ethyl adjacent to an activating group) is 1. The van der Waals surface area contributed by atoms with E-state index in [2.05, 4.69) is 55.0 Å². The Bertz CT molecular complexity index is 338. The van der Waals surface area contributed by atoms with Gasteiger partial charge in [-0.3, -0.25) is 0 Å². The van der Waals surface area contributed by atoms with Crippen molar-refractivity contribution in [2.75, 3.05) is 38.1 Å². The van der Waals surface area contributed by atoms with Gasteiger partial charge in [0.15, 0.2) is 0 Å². The Balaban J connectivity index is 2.11. The first kappa shape index (κ1) is 11.5. The molecular weight excluding hydrogens is 196 g/mol. The topological polar surface area (TPSA) is 6.48 Å². The van der Waals surface area contributed by atoms with Crippen molar-refractivity contribution < 1.29 is 0 Å². The summed E-state index contributed by atoms with van der Waals surface area (Å²) in [7, 11) is 2.19. The van der Waals surface area contributed by atoms with E-state index >= 15 is 0 Å². The largest absolute Gasteiger partial charge is 0.369 e. The molecule has 1 aliphatic rings. The van der Waals surface area contributed by atoms with Crippen LogP contribution in [0.25, 0.3) is 0 Å². The molecule has 1 radical (unpaired) electrons. The predicted molar refractivity (Wildman–Crippen MR) is 69.1 cm³/mol. The van der Waals surface area contributed by atoms with Gasteiger partial charge in [0.05, 0.1) is 0 Å². The second-order valence-corrected chi connectivity index (χ2v) is 4.97. The van der Waals surface area contributed by atoms with E-state index < -0.39 is 0 Å². The summed E-state index contributed by atoms with van der Waals surface area (Å²) in [6.45, 7) is 9.05. The van der Waals surface area contributed by atoms with Crippen molar-refractivity contribution in [1.29, 1.82) is 0 Å². The van der Waals surface area contributed by atoms with Crippen LogP contribution in [-0.2, 0) is 0 Å². The van der Waals surface area contributed by atoms with Crippen molar-refractivity contribution in [2.24, 2.45) is 0 Å². The molecule has 1 aromatic rings. The normalized spacial score (nSPS) is 18.1. The fourth-order valence-electron chi connectivity index (χ4n) is 2.06. The fraction of sp³-hybridized carbons (Fsp3) is 0.571. The lowest BCUT2D eigenvalue weighted by Gasteiger charge is -2.34. The molecular formula is C14H21N2. The fourth-order valence-corrected chi connectivity index (χ4v) is 2.06. The first-order valence-corrected chi connectivity index (χ1v) is 6.11. The Morgan fingerprint density at radius 1 is 1.12 bits per heavy atom. The van der Waals surface area contributed by atoms with Crippen LogP contribution in [0.2, 0.25) is 0 Å². The van der Waals surface area contributed by atoms with E-state index in [9.17, 15) is 0 Å². The number of benzene rings is 1. The summed E-state index contributed by atoms with van der Waals surface area (Å²) >= 11 is 0. The molecule has 0 spiro atoms. The van der Waals surface area contributed by atoms with E-state index in [-0.39, 0.29) is 0 Å². The van der Waals surface area contributed by atoms with Crippen LogP contribution in [0.15, 0.2) is 18.2 Å². The monoisotopic (exact) mass is 217 g/mol. The Kier molecular flexibility index (Phi) is 3.49. The third-order valence-electron chi connectivity index (χ3n) is 3.33. The minimum Gasteiger partial charge on any atom is -0.369 e. The van der Waals surface area contributed by atoms with Gasteiger partial charge in [0.1, 0.15) is 0 Å². The number of rotatable bonds is 2. The standard InChI is InChI=1S/C14H21N2/c1-12(2)13-5-4-6-14(11-13)16-9-7-15(3)8-10-16/h5-6,11-12H,7-10H2,1-3H3. The first-order chi connectivity index (χ1) is 7.66. The maximum Gasteiger partial charge on any atom is 0.0376 e. The summed E-state index contributed by atoms with van der Waals surface area (Å²) in [6, 6.07) is 9.79. The van der Waals surface area contributed by atoms with Crippen molar-refractivity contribution in [3.05, 3.63) is 29.8 Å². The summed E-state index contributed by atoms with van der Waals surface area (Å²) < 4.78 is 0. The number of hydrogen-bond acceptors (Lipinski definition) is 2. The van der Waals surface area contributed by atoms with Crippen molar-refractivity contribution in [1.82, 2.24) is 4.90 Å². The Morgan fingerprint density at radius 2 is 1.81 bits per heavy atom. The van der Waals surface area contributed by atoms with Gasteiger partial charge in [0.25, 0.3) is 0 Å². The third-order valence-corrected chi connectivity index (χ3v) is 3.33. The van der Waals surface area contributed by atoms with Gasteiger partial charge in [0.2, 0.25) is 0 Å². The van der Waals surface area contributed by atoms with Gasteiger partial charge < -0.3 is 9.80 Å². The van der Waals surface area contributed by atoms with E-state index in [1.54, 1.807) is 0 Å². The Morgan fingerprint density at radius 3 is 2.44 bits per heavy atom. The van der Waals surface area contributed by atoms with E-state index in [4.69, 9.17) is 0 Å². The SMILES string of the molecule is CC(C)c1c[c]cc(N2CCN(C)CC2)c1. The van der Waals surface area contributed by atoms with Gasteiger partial charge in [0, 0.05) is 31.9 Å². The summed E-state index contributed by atoms with van der Waals surface area (Å²) in [6.07, 6.45) is 0.